The number of hydrogen-bond acceptors (Lipinski definition) is 3. The Bertz CT molecular complexity index is 873. The number of fused-ring (bicyclic) bond motifs is 1. The number of amides is 1. The molecule has 2 aromatic rings. The van der Waals surface area contributed by atoms with Crippen LogP contribution in [0, 0.1) is 11.3 Å². The van der Waals surface area contributed by atoms with Crippen LogP contribution in [0.3, 0.4) is 0 Å². The Labute approximate surface area is 146 Å². The van der Waals surface area contributed by atoms with Crippen molar-refractivity contribution < 1.29 is 22.7 Å². The van der Waals surface area contributed by atoms with Crippen molar-refractivity contribution in [3.8, 4) is 11.8 Å². The van der Waals surface area contributed by atoms with Gasteiger partial charge in [-0.05, 0) is 35.4 Å². The Morgan fingerprint density at radius 3 is 2.52 bits per heavy atom. The van der Waals surface area contributed by atoms with Gasteiger partial charge in [-0.25, -0.2) is 0 Å². The smallest absolute Gasteiger partial charge is 0.406 e. The molecule has 1 amide bonds. The predicted molar refractivity (Wildman–Crippen MR) is 82.9 cm³/mol. The molecule has 0 bridgehead atoms. The Hall–Kier alpha value is -2.72. The van der Waals surface area contributed by atoms with Crippen molar-refractivity contribution in [1.29, 1.82) is 5.26 Å². The van der Waals surface area contributed by atoms with Crippen LogP contribution in [0.5, 0.6) is 5.75 Å². The van der Waals surface area contributed by atoms with Crippen LogP contribution in [0.4, 0.5) is 13.2 Å². The molecule has 2 aromatic carbocycles. The largest absolute Gasteiger partial charge is 0.573 e. The number of carbonyl (C=O) groups excluding carboxylic acids is 1. The monoisotopic (exact) mass is 366 g/mol. The first-order valence-corrected chi connectivity index (χ1v) is 7.51. The number of hydrogen-bond donors (Lipinski definition) is 0. The number of halogens is 4. The summed E-state index contributed by atoms with van der Waals surface area (Å²) in [6.07, 6.45) is -4.75. The number of nitriles is 1. The third-order valence-corrected chi connectivity index (χ3v) is 3.99. The number of benzene rings is 2. The molecule has 0 N–H and O–H groups in total. The lowest BCUT2D eigenvalue weighted by molar-refractivity contribution is -0.274. The molecule has 0 spiro atoms. The summed E-state index contributed by atoms with van der Waals surface area (Å²) in [7, 11) is 0. The van der Waals surface area contributed by atoms with Crippen molar-refractivity contribution in [2.75, 3.05) is 0 Å². The summed E-state index contributed by atoms with van der Waals surface area (Å²) < 4.78 is 40.3. The highest BCUT2D eigenvalue weighted by Crippen LogP contribution is 2.32. The second-order valence-corrected chi connectivity index (χ2v) is 5.86. The van der Waals surface area contributed by atoms with Gasteiger partial charge in [-0.2, -0.15) is 5.26 Å². The maximum Gasteiger partial charge on any atom is 0.573 e. The van der Waals surface area contributed by atoms with Gasteiger partial charge >= 0.3 is 6.36 Å². The van der Waals surface area contributed by atoms with Gasteiger partial charge in [-0.1, -0.05) is 23.7 Å². The fraction of sp³-hybridized carbons (Fsp3) is 0.176. The molecule has 128 valence electrons. The zero-order valence-corrected chi connectivity index (χ0v) is 13.4. The summed E-state index contributed by atoms with van der Waals surface area (Å²) in [6.45, 7) is 0.488. The van der Waals surface area contributed by atoms with Gasteiger partial charge in [0.05, 0.1) is 22.2 Å². The quantitative estimate of drug-likeness (QED) is 0.815. The fourth-order valence-corrected chi connectivity index (χ4v) is 2.99. The highest BCUT2D eigenvalue weighted by atomic mass is 35.5. The van der Waals surface area contributed by atoms with Crippen LogP contribution in [0.25, 0.3) is 0 Å². The van der Waals surface area contributed by atoms with E-state index in [1.54, 1.807) is 6.07 Å². The average molecular weight is 367 g/mol. The Morgan fingerprint density at radius 2 is 1.92 bits per heavy atom. The van der Waals surface area contributed by atoms with E-state index in [4.69, 9.17) is 16.9 Å². The summed E-state index contributed by atoms with van der Waals surface area (Å²) >= 11 is 6.08. The first-order valence-electron chi connectivity index (χ1n) is 7.13. The lowest BCUT2D eigenvalue weighted by Gasteiger charge is -2.16. The Morgan fingerprint density at radius 1 is 1.24 bits per heavy atom. The average Bonchev–Trinajstić information content (AvgIpc) is 2.84. The summed E-state index contributed by atoms with van der Waals surface area (Å²) in [6, 6.07) is 10.3. The molecular formula is C17H10ClF3N2O2. The van der Waals surface area contributed by atoms with Crippen LogP contribution in [0.15, 0.2) is 36.4 Å². The molecule has 1 heterocycles. The van der Waals surface area contributed by atoms with E-state index in [0.717, 1.165) is 0 Å². The first-order chi connectivity index (χ1) is 11.8. The van der Waals surface area contributed by atoms with E-state index in [1.807, 2.05) is 6.07 Å². The number of nitrogens with zero attached hydrogens (tertiary/aromatic N) is 2. The highest BCUT2D eigenvalue weighted by Gasteiger charge is 2.32. The minimum atomic E-state index is -4.75. The van der Waals surface area contributed by atoms with Gasteiger partial charge in [-0.15, -0.1) is 13.2 Å². The number of carbonyl (C=O) groups is 1. The van der Waals surface area contributed by atoms with Crippen LogP contribution in [0.1, 0.15) is 27.0 Å². The van der Waals surface area contributed by atoms with Gasteiger partial charge in [0.1, 0.15) is 5.75 Å². The highest BCUT2D eigenvalue weighted by molar-refractivity contribution is 6.34. The van der Waals surface area contributed by atoms with Gasteiger partial charge in [-0.3, -0.25) is 4.79 Å². The van der Waals surface area contributed by atoms with Crippen molar-refractivity contribution in [3.63, 3.8) is 0 Å². The van der Waals surface area contributed by atoms with E-state index in [9.17, 15) is 18.0 Å². The third kappa shape index (κ3) is 3.69. The molecule has 0 aromatic heterocycles. The summed E-state index contributed by atoms with van der Waals surface area (Å²) in [5, 5.41) is 9.19. The third-order valence-electron chi connectivity index (χ3n) is 3.69. The predicted octanol–water partition coefficient (Wildman–Crippen LogP) is 4.27. The lowest BCUT2D eigenvalue weighted by Crippen LogP contribution is -2.23. The van der Waals surface area contributed by atoms with E-state index >= 15 is 0 Å². The van der Waals surface area contributed by atoms with Crippen LogP contribution in [-0.4, -0.2) is 17.2 Å². The molecular weight excluding hydrogens is 357 g/mol. The molecule has 0 radical (unpaired) electrons. The van der Waals surface area contributed by atoms with E-state index < -0.39 is 6.36 Å². The molecule has 0 fully saturated rings. The van der Waals surface area contributed by atoms with Gasteiger partial charge in [0, 0.05) is 13.1 Å². The van der Waals surface area contributed by atoms with Crippen molar-refractivity contribution in [3.05, 3.63) is 63.7 Å². The minimum absolute atomic E-state index is 0.206. The van der Waals surface area contributed by atoms with Crippen LogP contribution < -0.4 is 4.74 Å². The Kier molecular flexibility index (Phi) is 4.31. The van der Waals surface area contributed by atoms with E-state index in [0.29, 0.717) is 22.3 Å². The molecule has 25 heavy (non-hydrogen) atoms. The minimum Gasteiger partial charge on any atom is -0.406 e. The summed E-state index contributed by atoms with van der Waals surface area (Å²) in [5.41, 5.74) is 2.03. The Balaban J connectivity index is 1.76. The summed E-state index contributed by atoms with van der Waals surface area (Å²) in [4.78, 5) is 14.0. The first kappa shape index (κ1) is 17.1. The maximum atomic E-state index is 12.5. The van der Waals surface area contributed by atoms with Gasteiger partial charge < -0.3 is 9.64 Å². The molecule has 0 saturated heterocycles. The molecule has 0 unspecified atom stereocenters. The van der Waals surface area contributed by atoms with Crippen molar-refractivity contribution in [2.24, 2.45) is 0 Å². The van der Waals surface area contributed by atoms with Crippen LogP contribution >= 0.6 is 11.6 Å². The van der Waals surface area contributed by atoms with Crippen molar-refractivity contribution in [2.45, 2.75) is 19.5 Å². The molecule has 1 aliphatic heterocycles. The van der Waals surface area contributed by atoms with Crippen molar-refractivity contribution in [1.82, 2.24) is 4.90 Å². The second kappa shape index (κ2) is 6.30. The normalized spacial score (nSPS) is 13.6. The molecule has 1 aliphatic rings. The number of alkyl halides is 3. The number of ether oxygens (including phenoxy) is 1. The fourth-order valence-electron chi connectivity index (χ4n) is 2.67. The molecule has 8 heteroatoms. The molecule has 3 rings (SSSR count). The zero-order valence-electron chi connectivity index (χ0n) is 12.6. The second-order valence-electron chi connectivity index (χ2n) is 5.46. The maximum absolute atomic E-state index is 12.5. The van der Waals surface area contributed by atoms with Crippen LogP contribution in [0.2, 0.25) is 5.02 Å². The van der Waals surface area contributed by atoms with Crippen LogP contribution in [-0.2, 0) is 13.1 Å². The number of rotatable bonds is 3. The van der Waals surface area contributed by atoms with E-state index in [2.05, 4.69) is 4.74 Å². The molecule has 4 nitrogen and oxygen atoms in total. The molecule has 0 atom stereocenters. The van der Waals surface area contributed by atoms with E-state index in [-0.39, 0.29) is 29.8 Å². The molecule has 0 saturated carbocycles. The van der Waals surface area contributed by atoms with Gasteiger partial charge in [0.25, 0.3) is 5.91 Å². The van der Waals surface area contributed by atoms with Crippen molar-refractivity contribution >= 4 is 17.5 Å². The SMILES string of the molecule is N#Cc1cc(Cl)c2c(c1)CN(Cc1ccc(OC(F)(F)F)cc1)C2=O. The standard InChI is InChI=1S/C17H10ClF3N2O2/c18-14-6-11(7-22)5-12-9-23(16(24)15(12)14)8-10-1-3-13(4-2-10)25-17(19,20)21/h1-6H,8-9H2. The lowest BCUT2D eigenvalue weighted by atomic mass is 10.1. The molecule has 0 aliphatic carbocycles. The van der Waals surface area contributed by atoms with E-state index in [1.165, 1.54) is 35.2 Å². The summed E-state index contributed by atoms with van der Waals surface area (Å²) in [5.74, 6) is -0.603. The zero-order chi connectivity index (χ0) is 18.2. The van der Waals surface area contributed by atoms with Gasteiger partial charge in [0.2, 0.25) is 0 Å². The van der Waals surface area contributed by atoms with Gasteiger partial charge in [0.15, 0.2) is 0 Å². The topological polar surface area (TPSA) is 53.3 Å².